The average molecular weight is 271 g/mol. The Bertz CT molecular complexity index is 373. The number of hydrogen-bond donors (Lipinski definition) is 1. The maximum atomic E-state index is 12.0. The van der Waals surface area contributed by atoms with E-state index in [0.29, 0.717) is 6.42 Å². The van der Waals surface area contributed by atoms with Gasteiger partial charge >= 0.3 is 0 Å². The van der Waals surface area contributed by atoms with Gasteiger partial charge in [0.1, 0.15) is 0 Å². The normalized spacial score (nSPS) is 12.5. The first-order valence-corrected chi connectivity index (χ1v) is 5.93. The van der Waals surface area contributed by atoms with Crippen molar-refractivity contribution in [3.8, 4) is 0 Å². The van der Waals surface area contributed by atoms with Gasteiger partial charge in [-0.2, -0.15) is 0 Å². The molecule has 3 nitrogen and oxygen atoms in total. The van der Waals surface area contributed by atoms with Crippen LogP contribution < -0.4 is 5.84 Å². The number of carbonyl (C=O) groups is 1. The molecule has 1 rings (SSSR count). The topological polar surface area (TPSA) is 46.3 Å². The van der Waals surface area contributed by atoms with Crippen molar-refractivity contribution in [1.82, 2.24) is 5.01 Å². The molecule has 18 heavy (non-hydrogen) atoms. The fourth-order valence-electron chi connectivity index (χ4n) is 1.65. The highest BCUT2D eigenvalue weighted by Gasteiger charge is 2.23. The van der Waals surface area contributed by atoms with E-state index in [1.807, 2.05) is 58.0 Å². The van der Waals surface area contributed by atoms with Gasteiger partial charge in [-0.3, -0.25) is 9.80 Å². The zero-order chi connectivity index (χ0) is 13.1. The summed E-state index contributed by atoms with van der Waals surface area (Å²) in [5, 5.41) is 1.33. The minimum absolute atomic E-state index is 0. The Morgan fingerprint density at radius 1 is 1.28 bits per heavy atom. The SMILES string of the molecule is CC(c1ccccc1)N(N)C(=O)CC(C)(C)C.Cl. The minimum Gasteiger partial charge on any atom is -0.273 e. The maximum absolute atomic E-state index is 12.0. The number of amides is 1. The molecule has 1 amide bonds. The van der Waals surface area contributed by atoms with Crippen LogP contribution in [0.2, 0.25) is 0 Å². The lowest BCUT2D eigenvalue weighted by Gasteiger charge is -2.27. The maximum Gasteiger partial charge on any atom is 0.237 e. The molecule has 1 unspecified atom stereocenters. The van der Waals surface area contributed by atoms with Crippen LogP contribution in [0, 0.1) is 5.41 Å². The molecule has 0 aliphatic carbocycles. The lowest BCUT2D eigenvalue weighted by atomic mass is 9.91. The highest BCUT2D eigenvalue weighted by atomic mass is 35.5. The molecule has 0 heterocycles. The molecule has 0 aliphatic heterocycles. The molecule has 1 aromatic carbocycles. The molecule has 1 aromatic rings. The van der Waals surface area contributed by atoms with Crippen LogP contribution >= 0.6 is 12.4 Å². The fraction of sp³-hybridized carbons (Fsp3) is 0.500. The molecule has 0 fully saturated rings. The summed E-state index contributed by atoms with van der Waals surface area (Å²) < 4.78 is 0. The Morgan fingerprint density at radius 2 is 1.78 bits per heavy atom. The van der Waals surface area contributed by atoms with Gasteiger partial charge in [-0.05, 0) is 17.9 Å². The third-order valence-corrected chi connectivity index (χ3v) is 2.67. The zero-order valence-electron chi connectivity index (χ0n) is 11.5. The van der Waals surface area contributed by atoms with Gasteiger partial charge in [-0.1, -0.05) is 51.1 Å². The van der Waals surface area contributed by atoms with Crippen LogP contribution in [0.25, 0.3) is 0 Å². The van der Waals surface area contributed by atoms with Crippen LogP contribution in [-0.4, -0.2) is 10.9 Å². The number of benzene rings is 1. The molecule has 102 valence electrons. The van der Waals surface area contributed by atoms with E-state index >= 15 is 0 Å². The number of nitrogens with zero attached hydrogens (tertiary/aromatic N) is 1. The lowest BCUT2D eigenvalue weighted by Crippen LogP contribution is -2.41. The number of nitrogens with two attached hydrogens (primary N) is 1. The first-order valence-electron chi connectivity index (χ1n) is 5.93. The quantitative estimate of drug-likeness (QED) is 0.520. The Hall–Kier alpha value is -1.06. The third-order valence-electron chi connectivity index (χ3n) is 2.67. The van der Waals surface area contributed by atoms with Crippen molar-refractivity contribution in [2.24, 2.45) is 11.3 Å². The van der Waals surface area contributed by atoms with Gasteiger partial charge in [0.05, 0.1) is 6.04 Å². The third kappa shape index (κ3) is 5.07. The summed E-state index contributed by atoms with van der Waals surface area (Å²) in [6, 6.07) is 9.73. The summed E-state index contributed by atoms with van der Waals surface area (Å²) in [6.45, 7) is 8.04. The van der Waals surface area contributed by atoms with E-state index in [9.17, 15) is 4.79 Å². The second-order valence-corrected chi connectivity index (χ2v) is 5.63. The van der Waals surface area contributed by atoms with E-state index in [-0.39, 0.29) is 29.8 Å². The molecule has 1 atom stereocenters. The van der Waals surface area contributed by atoms with Crippen molar-refractivity contribution in [2.75, 3.05) is 0 Å². The van der Waals surface area contributed by atoms with E-state index in [1.165, 1.54) is 5.01 Å². The summed E-state index contributed by atoms with van der Waals surface area (Å²) in [6.07, 6.45) is 0.459. The molecule has 0 spiro atoms. The molecule has 2 N–H and O–H groups in total. The molecule has 4 heteroatoms. The molecular weight excluding hydrogens is 248 g/mol. The van der Waals surface area contributed by atoms with Crippen LogP contribution in [0.3, 0.4) is 0 Å². The van der Waals surface area contributed by atoms with Gasteiger partial charge in [-0.15, -0.1) is 12.4 Å². The van der Waals surface area contributed by atoms with Crippen LogP contribution in [0.4, 0.5) is 0 Å². The zero-order valence-corrected chi connectivity index (χ0v) is 12.3. The van der Waals surface area contributed by atoms with Crippen molar-refractivity contribution in [3.63, 3.8) is 0 Å². The first kappa shape index (κ1) is 16.9. The van der Waals surface area contributed by atoms with Crippen molar-refractivity contribution in [2.45, 2.75) is 40.2 Å². The van der Waals surface area contributed by atoms with Crippen molar-refractivity contribution in [3.05, 3.63) is 35.9 Å². The van der Waals surface area contributed by atoms with E-state index < -0.39 is 0 Å². The van der Waals surface area contributed by atoms with Gasteiger partial charge in [0.15, 0.2) is 0 Å². The Balaban J connectivity index is 0.00000289. The van der Waals surface area contributed by atoms with Crippen LogP contribution in [0.5, 0.6) is 0 Å². The van der Waals surface area contributed by atoms with Crippen LogP contribution in [0.1, 0.15) is 45.7 Å². The molecular formula is C14H23ClN2O. The summed E-state index contributed by atoms with van der Waals surface area (Å²) in [5.74, 6) is 5.86. The van der Waals surface area contributed by atoms with E-state index in [4.69, 9.17) is 5.84 Å². The molecule has 0 aromatic heterocycles. The molecule has 0 saturated carbocycles. The Morgan fingerprint density at radius 3 is 2.22 bits per heavy atom. The standard InChI is InChI=1S/C14H22N2O.ClH/c1-11(12-8-6-5-7-9-12)16(15)13(17)10-14(2,3)4;/h5-9,11H,10,15H2,1-4H3;1H. The average Bonchev–Trinajstić information content (AvgIpc) is 2.26. The van der Waals surface area contributed by atoms with E-state index in [0.717, 1.165) is 5.56 Å². The number of rotatable bonds is 3. The van der Waals surface area contributed by atoms with Gasteiger partial charge < -0.3 is 0 Å². The minimum atomic E-state index is -0.0916. The highest BCUT2D eigenvalue weighted by molar-refractivity contribution is 5.85. The number of carbonyl (C=O) groups excluding carboxylic acids is 1. The largest absolute Gasteiger partial charge is 0.273 e. The number of halogens is 1. The number of hydrazine groups is 1. The van der Waals surface area contributed by atoms with Crippen molar-refractivity contribution in [1.29, 1.82) is 0 Å². The first-order chi connectivity index (χ1) is 7.81. The number of hydrogen-bond acceptors (Lipinski definition) is 2. The molecule has 0 aliphatic rings. The van der Waals surface area contributed by atoms with E-state index in [2.05, 4.69) is 0 Å². The second kappa shape index (κ2) is 6.76. The predicted molar refractivity (Wildman–Crippen MR) is 77.2 cm³/mol. The summed E-state index contributed by atoms with van der Waals surface area (Å²) >= 11 is 0. The highest BCUT2D eigenvalue weighted by Crippen LogP contribution is 2.23. The summed E-state index contributed by atoms with van der Waals surface area (Å²) in [7, 11) is 0. The van der Waals surface area contributed by atoms with Crippen LogP contribution in [-0.2, 0) is 4.79 Å². The van der Waals surface area contributed by atoms with E-state index in [1.54, 1.807) is 0 Å². The monoisotopic (exact) mass is 270 g/mol. The molecule has 0 saturated heterocycles. The summed E-state index contributed by atoms with van der Waals surface area (Å²) in [5.41, 5.74) is 1.02. The Kier molecular flexibility index (Phi) is 6.36. The van der Waals surface area contributed by atoms with Gasteiger partial charge in [0.25, 0.3) is 0 Å². The van der Waals surface area contributed by atoms with Crippen molar-refractivity contribution >= 4 is 18.3 Å². The second-order valence-electron chi connectivity index (χ2n) is 5.63. The van der Waals surface area contributed by atoms with Crippen LogP contribution in [0.15, 0.2) is 30.3 Å². The lowest BCUT2D eigenvalue weighted by molar-refractivity contribution is -0.135. The fourth-order valence-corrected chi connectivity index (χ4v) is 1.65. The Labute approximate surface area is 116 Å². The van der Waals surface area contributed by atoms with Gasteiger partial charge in [0.2, 0.25) is 5.91 Å². The van der Waals surface area contributed by atoms with Gasteiger partial charge in [-0.25, -0.2) is 5.84 Å². The molecule has 0 radical (unpaired) electrons. The van der Waals surface area contributed by atoms with Crippen molar-refractivity contribution < 1.29 is 4.79 Å². The molecule has 0 bridgehead atoms. The predicted octanol–water partition coefficient (Wildman–Crippen LogP) is 3.31. The smallest absolute Gasteiger partial charge is 0.237 e. The van der Waals surface area contributed by atoms with Gasteiger partial charge in [0, 0.05) is 6.42 Å². The summed E-state index contributed by atoms with van der Waals surface area (Å²) in [4.78, 5) is 12.0.